The molecule has 1 fully saturated rings. The molecule has 1 N–H and O–H groups in total. The van der Waals surface area contributed by atoms with Crippen LogP contribution in [0.15, 0.2) is 30.3 Å². The molecule has 2 amide bonds. The van der Waals surface area contributed by atoms with Gasteiger partial charge in [-0.25, -0.2) is 0 Å². The normalized spacial score (nSPS) is 17.4. The van der Waals surface area contributed by atoms with Crippen molar-refractivity contribution in [3.8, 4) is 0 Å². The number of hydrogen-bond acceptors (Lipinski definition) is 4. The number of nitrogens with one attached hydrogen (secondary N) is 1. The third-order valence-electron chi connectivity index (χ3n) is 3.64. The van der Waals surface area contributed by atoms with Crippen molar-refractivity contribution in [2.24, 2.45) is 5.92 Å². The average molecular weight is 304 g/mol. The Balaban J connectivity index is 1.77. The highest BCUT2D eigenvalue weighted by atomic mass is 16.5. The molecule has 0 radical (unpaired) electrons. The van der Waals surface area contributed by atoms with E-state index in [1.807, 2.05) is 30.3 Å². The van der Waals surface area contributed by atoms with E-state index in [0.29, 0.717) is 19.5 Å². The van der Waals surface area contributed by atoms with Crippen molar-refractivity contribution in [1.29, 1.82) is 0 Å². The van der Waals surface area contributed by atoms with E-state index in [4.69, 9.17) is 0 Å². The molecular formula is C16H20N2O4. The summed E-state index contributed by atoms with van der Waals surface area (Å²) in [6.07, 6.45) is 0.601. The highest BCUT2D eigenvalue weighted by Gasteiger charge is 2.30. The van der Waals surface area contributed by atoms with Gasteiger partial charge in [0.2, 0.25) is 11.8 Å². The number of esters is 1. The standard InChI is InChI=1S/C16H20N2O4/c1-22-16(21)8-7-14(19)17-10-12-9-15(20)18(11-12)13-5-3-2-4-6-13/h2-6,12H,7-11H2,1H3,(H,17,19). The van der Waals surface area contributed by atoms with Crippen LogP contribution in [0.4, 0.5) is 5.69 Å². The molecule has 1 heterocycles. The predicted octanol–water partition coefficient (Wildman–Crippen LogP) is 1.11. The largest absolute Gasteiger partial charge is 0.469 e. The Hall–Kier alpha value is -2.37. The molecule has 1 aromatic rings. The zero-order valence-electron chi connectivity index (χ0n) is 12.6. The van der Waals surface area contributed by atoms with Crippen molar-refractivity contribution in [2.75, 3.05) is 25.1 Å². The molecule has 1 aromatic carbocycles. The van der Waals surface area contributed by atoms with E-state index in [9.17, 15) is 14.4 Å². The number of benzene rings is 1. The van der Waals surface area contributed by atoms with Crippen LogP contribution in [-0.2, 0) is 19.1 Å². The lowest BCUT2D eigenvalue weighted by Gasteiger charge is -2.16. The summed E-state index contributed by atoms with van der Waals surface area (Å²) in [4.78, 5) is 36.4. The zero-order valence-corrected chi connectivity index (χ0v) is 12.6. The predicted molar refractivity (Wildman–Crippen MR) is 81.2 cm³/mol. The number of carbonyl (C=O) groups excluding carboxylic acids is 3. The second kappa shape index (κ2) is 7.59. The van der Waals surface area contributed by atoms with Crippen molar-refractivity contribution in [2.45, 2.75) is 19.3 Å². The van der Waals surface area contributed by atoms with Gasteiger partial charge in [0.05, 0.1) is 13.5 Å². The first-order valence-electron chi connectivity index (χ1n) is 7.29. The quantitative estimate of drug-likeness (QED) is 0.799. The first-order valence-corrected chi connectivity index (χ1v) is 7.29. The monoisotopic (exact) mass is 304 g/mol. The van der Waals surface area contributed by atoms with Crippen molar-refractivity contribution >= 4 is 23.5 Å². The van der Waals surface area contributed by atoms with Gasteiger partial charge >= 0.3 is 5.97 Å². The molecule has 1 aliphatic heterocycles. The molecule has 2 rings (SSSR count). The van der Waals surface area contributed by atoms with E-state index in [1.165, 1.54) is 7.11 Å². The van der Waals surface area contributed by atoms with E-state index >= 15 is 0 Å². The Labute approximate surface area is 129 Å². The molecule has 118 valence electrons. The Morgan fingerprint density at radius 1 is 1.27 bits per heavy atom. The highest BCUT2D eigenvalue weighted by Crippen LogP contribution is 2.24. The summed E-state index contributed by atoms with van der Waals surface area (Å²) in [7, 11) is 1.29. The molecular weight excluding hydrogens is 284 g/mol. The van der Waals surface area contributed by atoms with Gasteiger partial charge in [0.15, 0.2) is 0 Å². The fourth-order valence-electron chi connectivity index (χ4n) is 2.44. The molecule has 0 aliphatic carbocycles. The second-order valence-corrected chi connectivity index (χ2v) is 5.29. The third-order valence-corrected chi connectivity index (χ3v) is 3.64. The minimum atomic E-state index is -0.401. The van der Waals surface area contributed by atoms with Crippen LogP contribution in [0.1, 0.15) is 19.3 Å². The van der Waals surface area contributed by atoms with Gasteiger partial charge in [-0.2, -0.15) is 0 Å². The molecule has 1 saturated heterocycles. The zero-order chi connectivity index (χ0) is 15.9. The van der Waals surface area contributed by atoms with Crippen LogP contribution < -0.4 is 10.2 Å². The summed E-state index contributed by atoms with van der Waals surface area (Å²) in [5, 5.41) is 2.77. The van der Waals surface area contributed by atoms with Crippen molar-refractivity contribution in [3.05, 3.63) is 30.3 Å². The number of methoxy groups -OCH3 is 1. The van der Waals surface area contributed by atoms with Gasteiger partial charge in [-0.1, -0.05) is 18.2 Å². The van der Waals surface area contributed by atoms with Gasteiger partial charge in [0.25, 0.3) is 0 Å². The number of para-hydroxylation sites is 1. The van der Waals surface area contributed by atoms with Crippen molar-refractivity contribution in [3.63, 3.8) is 0 Å². The van der Waals surface area contributed by atoms with Crippen molar-refractivity contribution in [1.82, 2.24) is 5.32 Å². The number of anilines is 1. The first-order chi connectivity index (χ1) is 10.6. The Bertz CT molecular complexity index is 544. The van der Waals surface area contributed by atoms with E-state index in [1.54, 1.807) is 4.90 Å². The number of hydrogen-bond donors (Lipinski definition) is 1. The molecule has 0 aromatic heterocycles. The third kappa shape index (κ3) is 4.31. The van der Waals surface area contributed by atoms with Crippen LogP contribution in [0.5, 0.6) is 0 Å². The smallest absolute Gasteiger partial charge is 0.306 e. The highest BCUT2D eigenvalue weighted by molar-refractivity contribution is 5.95. The van der Waals surface area contributed by atoms with E-state index < -0.39 is 5.97 Å². The molecule has 6 nitrogen and oxygen atoms in total. The number of amides is 2. The number of carbonyl (C=O) groups is 3. The molecule has 1 atom stereocenters. The maximum Gasteiger partial charge on any atom is 0.306 e. The summed E-state index contributed by atoms with van der Waals surface area (Å²) in [6, 6.07) is 9.49. The second-order valence-electron chi connectivity index (χ2n) is 5.29. The minimum absolute atomic E-state index is 0.0695. The maximum absolute atomic E-state index is 12.0. The average Bonchev–Trinajstić information content (AvgIpc) is 2.92. The molecule has 22 heavy (non-hydrogen) atoms. The minimum Gasteiger partial charge on any atom is -0.469 e. The van der Waals surface area contributed by atoms with Crippen LogP contribution in [0, 0.1) is 5.92 Å². The first kappa shape index (κ1) is 16.0. The SMILES string of the molecule is COC(=O)CCC(=O)NCC1CC(=O)N(c2ccccc2)C1. The van der Waals surface area contributed by atoms with Gasteiger partial charge in [0.1, 0.15) is 0 Å². The summed E-state index contributed by atoms with van der Waals surface area (Å²) in [5.41, 5.74) is 0.881. The molecule has 0 bridgehead atoms. The molecule has 0 spiro atoms. The van der Waals surface area contributed by atoms with E-state index in [-0.39, 0.29) is 30.6 Å². The van der Waals surface area contributed by atoms with Gasteiger partial charge in [-0.15, -0.1) is 0 Å². The van der Waals surface area contributed by atoms with Crippen LogP contribution in [-0.4, -0.2) is 38.0 Å². The lowest BCUT2D eigenvalue weighted by molar-refractivity contribution is -0.142. The van der Waals surface area contributed by atoms with Gasteiger partial charge < -0.3 is 15.0 Å². The van der Waals surface area contributed by atoms with E-state index in [0.717, 1.165) is 5.69 Å². The number of ether oxygens (including phenoxy) is 1. The fourth-order valence-corrected chi connectivity index (χ4v) is 2.44. The molecule has 6 heteroatoms. The van der Waals surface area contributed by atoms with Crippen LogP contribution >= 0.6 is 0 Å². The van der Waals surface area contributed by atoms with E-state index in [2.05, 4.69) is 10.1 Å². The topological polar surface area (TPSA) is 75.7 Å². The summed E-state index contributed by atoms with van der Waals surface area (Å²) in [6.45, 7) is 1.04. The maximum atomic E-state index is 12.0. The summed E-state index contributed by atoms with van der Waals surface area (Å²) < 4.78 is 4.49. The molecule has 1 aliphatic rings. The molecule has 0 saturated carbocycles. The lowest BCUT2D eigenvalue weighted by Crippen LogP contribution is -2.31. The van der Waals surface area contributed by atoms with Gasteiger partial charge in [0, 0.05) is 37.5 Å². The Morgan fingerprint density at radius 2 is 2.00 bits per heavy atom. The van der Waals surface area contributed by atoms with Crippen LogP contribution in [0.2, 0.25) is 0 Å². The van der Waals surface area contributed by atoms with Gasteiger partial charge in [-0.05, 0) is 12.1 Å². The lowest BCUT2D eigenvalue weighted by atomic mass is 10.1. The molecule has 1 unspecified atom stereocenters. The summed E-state index contributed by atoms with van der Waals surface area (Å²) in [5.74, 6) is -0.438. The number of rotatable bonds is 6. The number of nitrogens with zero attached hydrogens (tertiary/aromatic N) is 1. The Kier molecular flexibility index (Phi) is 5.52. The fraction of sp³-hybridized carbons (Fsp3) is 0.438. The van der Waals surface area contributed by atoms with Crippen LogP contribution in [0.3, 0.4) is 0 Å². The van der Waals surface area contributed by atoms with Gasteiger partial charge in [-0.3, -0.25) is 14.4 Å². The van der Waals surface area contributed by atoms with Crippen LogP contribution in [0.25, 0.3) is 0 Å². The Morgan fingerprint density at radius 3 is 2.68 bits per heavy atom. The van der Waals surface area contributed by atoms with Crippen molar-refractivity contribution < 1.29 is 19.1 Å². The summed E-state index contributed by atoms with van der Waals surface area (Å²) >= 11 is 0.